The zero-order valence-electron chi connectivity index (χ0n) is 22.2. The number of allylic oxidation sites excluding steroid dienone is 2. The number of nitrogens with one attached hydrogen (secondary N) is 2. The van der Waals surface area contributed by atoms with E-state index in [4.69, 9.17) is 16.0 Å². The maximum absolute atomic E-state index is 13.1. The molecular weight excluding hydrogens is 619 g/mol. The van der Waals surface area contributed by atoms with Crippen LogP contribution in [0, 0.1) is 5.41 Å². The highest BCUT2D eigenvalue weighted by molar-refractivity contribution is 8.00. The Morgan fingerprint density at radius 3 is 2.91 bits per heavy atom. The van der Waals surface area contributed by atoms with Crippen LogP contribution in [0.4, 0.5) is 5.13 Å². The zero-order chi connectivity index (χ0) is 30.7. The number of aromatic nitrogens is 3. The standard InChI is InChI=1S/C25H21N9O6S3/c1-2-40-32-16(14-10-42-25(27)30-14)19(35)31-17-22(37)34-18(24(38)39)12(9-41-23(17)34)4-3-6-33-7-5-15-13(8-33)29-21(43-15)20(36)28-11-26/h3-5,7-8,10,17,23,26H,2,6,9H2,1H3,(H3-,27,30,31,35,38,39)/p+1/b4-3+,32-16-/t17-,23-/m1/s1. The number of amides is 3. The Labute approximate surface area is 255 Å². The number of nitrogens with two attached hydrogens (primary N) is 1. The quantitative estimate of drug-likeness (QED) is 0.108. The van der Waals surface area contributed by atoms with E-state index >= 15 is 0 Å². The van der Waals surface area contributed by atoms with Gasteiger partial charge in [0, 0.05) is 17.2 Å². The van der Waals surface area contributed by atoms with E-state index in [2.05, 4.69) is 25.4 Å². The van der Waals surface area contributed by atoms with Crippen LogP contribution in [0.2, 0.25) is 0 Å². The number of pyridine rings is 1. The number of anilines is 1. The third-order valence-electron chi connectivity index (χ3n) is 6.11. The van der Waals surface area contributed by atoms with Gasteiger partial charge in [-0.3, -0.25) is 19.3 Å². The smallest absolute Gasteiger partial charge is 0.352 e. The first kappa shape index (κ1) is 29.7. The van der Waals surface area contributed by atoms with Gasteiger partial charge in [0.15, 0.2) is 34.8 Å². The molecule has 43 heavy (non-hydrogen) atoms. The largest absolute Gasteiger partial charge is 0.477 e. The van der Waals surface area contributed by atoms with Crippen LogP contribution in [-0.2, 0) is 25.8 Å². The van der Waals surface area contributed by atoms with Crippen LogP contribution in [-0.4, -0.2) is 79.2 Å². The molecule has 2 aliphatic heterocycles. The molecule has 0 spiro atoms. The summed E-state index contributed by atoms with van der Waals surface area (Å²) >= 11 is 3.59. The molecule has 2 aliphatic rings. The van der Waals surface area contributed by atoms with Crippen molar-refractivity contribution in [3.05, 3.63) is 58.0 Å². The van der Waals surface area contributed by atoms with Gasteiger partial charge in [0.2, 0.25) is 0 Å². The van der Waals surface area contributed by atoms with Crippen molar-refractivity contribution < 1.29 is 33.7 Å². The molecule has 18 heteroatoms. The van der Waals surface area contributed by atoms with Crippen LogP contribution in [0.5, 0.6) is 0 Å². The summed E-state index contributed by atoms with van der Waals surface area (Å²) < 4.78 is 2.56. The van der Waals surface area contributed by atoms with Gasteiger partial charge in [-0.05, 0) is 18.6 Å². The van der Waals surface area contributed by atoms with Crippen molar-refractivity contribution in [1.82, 2.24) is 20.2 Å². The van der Waals surface area contributed by atoms with Crippen LogP contribution in [0.3, 0.4) is 0 Å². The first-order valence-electron chi connectivity index (χ1n) is 12.5. The van der Waals surface area contributed by atoms with Gasteiger partial charge in [0.25, 0.3) is 11.8 Å². The van der Waals surface area contributed by atoms with Gasteiger partial charge in [-0.15, -0.1) is 39.4 Å². The number of aliphatic carboxylic acids is 1. The van der Waals surface area contributed by atoms with Gasteiger partial charge in [0.1, 0.15) is 34.9 Å². The van der Waals surface area contributed by atoms with E-state index in [1.54, 1.807) is 53.5 Å². The first-order chi connectivity index (χ1) is 20.7. The summed E-state index contributed by atoms with van der Waals surface area (Å²) in [6.07, 6.45) is 6.92. The third-order valence-corrected chi connectivity index (χ3v) is 9.11. The highest BCUT2D eigenvalue weighted by Crippen LogP contribution is 2.40. The number of fused-ring (bicyclic) bond motifs is 2. The minimum Gasteiger partial charge on any atom is -0.477 e. The van der Waals surface area contributed by atoms with Crippen molar-refractivity contribution >= 4 is 85.2 Å². The summed E-state index contributed by atoms with van der Waals surface area (Å²) in [6.45, 7) is 2.26. The van der Waals surface area contributed by atoms with Crippen LogP contribution in [0.15, 0.2) is 57.4 Å². The van der Waals surface area contributed by atoms with Gasteiger partial charge in [0.05, 0.1) is 10.7 Å². The maximum atomic E-state index is 13.1. The molecule has 0 saturated carbocycles. The molecule has 1 fully saturated rings. The Balaban J connectivity index is 1.29. The average molecular weight is 641 g/mol. The number of aliphatic imine (C=N–C) groups is 1. The number of β-lactam (4-membered cyclic amide) rings is 1. The van der Waals surface area contributed by atoms with E-state index in [-0.39, 0.29) is 39.6 Å². The monoisotopic (exact) mass is 640 g/mol. The number of nitrogen functional groups attached to an aromatic ring is 1. The molecule has 15 nitrogen and oxygen atoms in total. The highest BCUT2D eigenvalue weighted by Gasteiger charge is 2.54. The summed E-state index contributed by atoms with van der Waals surface area (Å²) in [4.78, 5) is 68.0. The summed E-state index contributed by atoms with van der Waals surface area (Å²) in [5.41, 5.74) is 6.60. The predicted octanol–water partition coefficient (Wildman–Crippen LogP) is 1.25. The Bertz CT molecular complexity index is 1790. The lowest BCUT2D eigenvalue weighted by molar-refractivity contribution is -0.685. The lowest BCUT2D eigenvalue weighted by Gasteiger charge is -2.49. The summed E-state index contributed by atoms with van der Waals surface area (Å²) in [5.74, 6) is -2.88. The molecule has 0 bridgehead atoms. The van der Waals surface area contributed by atoms with Crippen molar-refractivity contribution in [2.24, 2.45) is 10.1 Å². The fourth-order valence-corrected chi connectivity index (χ4v) is 6.93. The molecule has 3 aromatic rings. The van der Waals surface area contributed by atoms with Crippen LogP contribution in [0.25, 0.3) is 10.2 Å². The number of hydrogen-bond acceptors (Lipinski definition) is 13. The Kier molecular flexibility index (Phi) is 8.72. The molecule has 1 saturated heterocycles. The van der Waals surface area contributed by atoms with Crippen LogP contribution in [0.1, 0.15) is 22.4 Å². The van der Waals surface area contributed by atoms with Crippen molar-refractivity contribution in [3.8, 4) is 0 Å². The van der Waals surface area contributed by atoms with Gasteiger partial charge >= 0.3 is 11.9 Å². The lowest BCUT2D eigenvalue weighted by Crippen LogP contribution is -2.71. The van der Waals surface area contributed by atoms with Gasteiger partial charge in [-0.2, -0.15) is 4.57 Å². The SMILES string of the molecule is CCO/N=C(\C(=O)N[C@@H]1C(=O)N2C(C(=O)O)=C(/C=C/C[n+]3ccc4sc(C(=O)N=C=N)nc4c3)CS[C@H]12)c1csc(N)n1. The molecule has 5 N–H and O–H groups in total. The number of carboxylic acid groups (broad SMARTS) is 1. The second-order valence-corrected chi connectivity index (χ2v) is 11.8. The Hall–Kier alpha value is -4.77. The van der Waals surface area contributed by atoms with E-state index in [1.165, 1.54) is 16.7 Å². The van der Waals surface area contributed by atoms with E-state index < -0.39 is 35.1 Å². The van der Waals surface area contributed by atoms with Crippen molar-refractivity contribution in [1.29, 1.82) is 5.41 Å². The zero-order valence-corrected chi connectivity index (χ0v) is 24.7. The number of nitrogens with zero attached hydrogens (tertiary/aromatic N) is 6. The third kappa shape index (κ3) is 6.07. The number of oxime groups is 1. The molecule has 0 aromatic carbocycles. The summed E-state index contributed by atoms with van der Waals surface area (Å²) in [6, 6.07) is 2.52. The van der Waals surface area contributed by atoms with Crippen molar-refractivity contribution in [2.75, 3.05) is 18.1 Å². The number of hydrogen-bond donors (Lipinski definition) is 4. The number of thiazole rings is 2. The molecule has 2 atom stereocenters. The van der Waals surface area contributed by atoms with Crippen LogP contribution >= 0.6 is 34.4 Å². The minimum absolute atomic E-state index is 0.143. The number of carboxylic acids is 1. The fraction of sp³-hybridized carbons (Fsp3) is 0.240. The molecule has 3 amide bonds. The maximum Gasteiger partial charge on any atom is 0.352 e. The summed E-state index contributed by atoms with van der Waals surface area (Å²) in [5, 5.41) is 24.6. The van der Waals surface area contributed by atoms with Crippen LogP contribution < -0.4 is 15.6 Å². The average Bonchev–Trinajstić information content (AvgIpc) is 3.61. The Morgan fingerprint density at radius 1 is 1.40 bits per heavy atom. The first-order valence-corrected chi connectivity index (χ1v) is 15.2. The molecular formula is C25H22N9O6S3+. The second-order valence-electron chi connectivity index (χ2n) is 8.81. The summed E-state index contributed by atoms with van der Waals surface area (Å²) in [7, 11) is 0. The van der Waals surface area contributed by atoms with E-state index in [1.807, 2.05) is 0 Å². The fourth-order valence-electron chi connectivity index (χ4n) is 4.25. The Morgan fingerprint density at radius 2 is 2.21 bits per heavy atom. The van der Waals surface area contributed by atoms with E-state index in [9.17, 15) is 24.3 Å². The molecule has 0 unspecified atom stereocenters. The second kappa shape index (κ2) is 12.6. The predicted molar refractivity (Wildman–Crippen MR) is 158 cm³/mol. The van der Waals surface area contributed by atoms with Gasteiger partial charge < -0.3 is 21.0 Å². The normalized spacial score (nSPS) is 18.3. The van der Waals surface area contributed by atoms with Gasteiger partial charge in [-0.1, -0.05) is 11.2 Å². The van der Waals surface area contributed by atoms with E-state index in [0.717, 1.165) is 27.4 Å². The topological polar surface area (TPSA) is 217 Å². The lowest BCUT2D eigenvalue weighted by atomic mass is 10.0. The molecule has 5 rings (SSSR count). The highest BCUT2D eigenvalue weighted by atomic mass is 32.2. The van der Waals surface area contributed by atoms with Crippen molar-refractivity contribution in [3.63, 3.8) is 0 Å². The van der Waals surface area contributed by atoms with E-state index in [0.29, 0.717) is 17.6 Å². The molecule has 3 aromatic heterocycles. The molecule has 220 valence electrons. The van der Waals surface area contributed by atoms with Crippen molar-refractivity contribution in [2.45, 2.75) is 24.9 Å². The number of rotatable bonds is 10. The number of carbonyl (C=O) groups is 4. The van der Waals surface area contributed by atoms with Gasteiger partial charge in [-0.25, -0.2) is 20.2 Å². The molecule has 5 heterocycles. The number of thioether (sulfide) groups is 1. The molecule has 0 aliphatic carbocycles. The minimum atomic E-state index is -1.26. The number of carbonyl (C=O) groups excluding carboxylic acids is 3. The molecule has 0 radical (unpaired) electrons.